The second kappa shape index (κ2) is 5.96. The van der Waals surface area contributed by atoms with Gasteiger partial charge in [-0.3, -0.25) is 9.59 Å². The molecule has 3 saturated carbocycles. The number of esters is 1. The smallest absolute Gasteiger partial charge is 0.305 e. The van der Waals surface area contributed by atoms with Gasteiger partial charge in [0.15, 0.2) is 5.78 Å². The van der Waals surface area contributed by atoms with Gasteiger partial charge in [-0.2, -0.15) is 0 Å². The van der Waals surface area contributed by atoms with E-state index in [-0.39, 0.29) is 22.9 Å². The Hall–Kier alpha value is -1.12. The van der Waals surface area contributed by atoms with Crippen molar-refractivity contribution in [1.82, 2.24) is 0 Å². The standard InChI is InChI=1S/C22H32O3/c1-4-20(24)25-19-8-7-17-16-6-5-14-13-15(23)9-11-21(14,2)18(16)10-12-22(17,19)3/h13,16-19H,4-12H2,1-3H3/t16-,17-,18+,19?,21-,22-/m0/s1. The number of ketones is 1. The predicted molar refractivity (Wildman–Crippen MR) is 96.9 cm³/mol. The number of carbonyl (C=O) groups excluding carboxylic acids is 2. The first-order chi connectivity index (χ1) is 11.9. The summed E-state index contributed by atoms with van der Waals surface area (Å²) >= 11 is 0. The highest BCUT2D eigenvalue weighted by atomic mass is 16.5. The summed E-state index contributed by atoms with van der Waals surface area (Å²) in [7, 11) is 0. The lowest BCUT2D eigenvalue weighted by Gasteiger charge is -2.57. The Labute approximate surface area is 151 Å². The normalized spacial score (nSPS) is 45.9. The van der Waals surface area contributed by atoms with Crippen molar-refractivity contribution in [3.05, 3.63) is 11.6 Å². The van der Waals surface area contributed by atoms with Gasteiger partial charge >= 0.3 is 5.97 Å². The van der Waals surface area contributed by atoms with Gasteiger partial charge in [0.2, 0.25) is 0 Å². The van der Waals surface area contributed by atoms with Crippen molar-refractivity contribution in [3.8, 4) is 0 Å². The second-order valence-corrected chi connectivity index (χ2v) is 9.42. The van der Waals surface area contributed by atoms with Crippen LogP contribution in [0.2, 0.25) is 0 Å². The lowest BCUT2D eigenvalue weighted by molar-refractivity contribution is -0.159. The van der Waals surface area contributed by atoms with Gasteiger partial charge in [0, 0.05) is 18.3 Å². The number of allylic oxidation sites excluding steroid dienone is 1. The maximum absolute atomic E-state index is 11.9. The number of hydrogen-bond acceptors (Lipinski definition) is 3. The van der Waals surface area contributed by atoms with Crippen molar-refractivity contribution in [1.29, 1.82) is 0 Å². The van der Waals surface area contributed by atoms with Gasteiger partial charge in [0.25, 0.3) is 0 Å². The number of rotatable bonds is 2. The lowest BCUT2D eigenvalue weighted by Crippen LogP contribution is -2.51. The van der Waals surface area contributed by atoms with Gasteiger partial charge in [-0.15, -0.1) is 0 Å². The molecule has 6 atom stereocenters. The van der Waals surface area contributed by atoms with E-state index in [0.29, 0.717) is 24.0 Å². The molecule has 0 radical (unpaired) electrons. The molecule has 1 unspecified atom stereocenters. The molecule has 0 aromatic heterocycles. The average Bonchev–Trinajstić information content (AvgIpc) is 2.92. The van der Waals surface area contributed by atoms with Gasteiger partial charge in [-0.1, -0.05) is 26.3 Å². The topological polar surface area (TPSA) is 43.4 Å². The van der Waals surface area contributed by atoms with Crippen molar-refractivity contribution in [2.45, 2.75) is 84.7 Å². The van der Waals surface area contributed by atoms with E-state index in [1.807, 2.05) is 13.0 Å². The van der Waals surface area contributed by atoms with Crippen molar-refractivity contribution in [2.75, 3.05) is 0 Å². The Morgan fingerprint density at radius 3 is 2.68 bits per heavy atom. The number of carbonyl (C=O) groups is 2. The summed E-state index contributed by atoms with van der Waals surface area (Å²) in [4.78, 5) is 23.8. The highest BCUT2D eigenvalue weighted by molar-refractivity contribution is 5.91. The van der Waals surface area contributed by atoms with Crippen LogP contribution in [-0.4, -0.2) is 17.9 Å². The highest BCUT2D eigenvalue weighted by Gasteiger charge is 2.59. The van der Waals surface area contributed by atoms with Crippen LogP contribution in [-0.2, 0) is 14.3 Å². The molecular weight excluding hydrogens is 312 g/mol. The summed E-state index contributed by atoms with van der Waals surface area (Å²) in [6.45, 7) is 6.69. The van der Waals surface area contributed by atoms with E-state index in [2.05, 4.69) is 13.8 Å². The largest absolute Gasteiger partial charge is 0.462 e. The number of ether oxygens (including phenoxy) is 1. The molecule has 4 aliphatic carbocycles. The zero-order valence-electron chi connectivity index (χ0n) is 16.0. The summed E-state index contributed by atoms with van der Waals surface area (Å²) in [6, 6.07) is 0. The Bertz CT molecular complexity index is 621. The van der Waals surface area contributed by atoms with Gasteiger partial charge in [0.05, 0.1) is 0 Å². The zero-order valence-corrected chi connectivity index (χ0v) is 16.0. The van der Waals surface area contributed by atoms with Gasteiger partial charge in [-0.05, 0) is 74.2 Å². The molecular formula is C22H32O3. The van der Waals surface area contributed by atoms with Crippen LogP contribution in [0.3, 0.4) is 0 Å². The van der Waals surface area contributed by atoms with Crippen LogP contribution in [0, 0.1) is 28.6 Å². The molecule has 3 nitrogen and oxygen atoms in total. The molecule has 0 amide bonds. The maximum Gasteiger partial charge on any atom is 0.305 e. The first-order valence-corrected chi connectivity index (χ1v) is 10.3. The van der Waals surface area contributed by atoms with Crippen LogP contribution in [0.1, 0.15) is 78.6 Å². The van der Waals surface area contributed by atoms with Crippen LogP contribution >= 0.6 is 0 Å². The molecule has 0 spiro atoms. The van der Waals surface area contributed by atoms with Gasteiger partial charge in [-0.25, -0.2) is 0 Å². The van der Waals surface area contributed by atoms with Crippen molar-refractivity contribution >= 4 is 11.8 Å². The van der Waals surface area contributed by atoms with Crippen molar-refractivity contribution in [2.24, 2.45) is 28.6 Å². The molecule has 0 aromatic rings. The third kappa shape index (κ3) is 2.52. The van der Waals surface area contributed by atoms with E-state index in [1.54, 1.807) is 0 Å². The van der Waals surface area contributed by atoms with Crippen molar-refractivity contribution in [3.63, 3.8) is 0 Å². The minimum atomic E-state index is -0.0411. The predicted octanol–water partition coefficient (Wildman–Crippen LogP) is 4.84. The molecule has 3 fully saturated rings. The molecule has 4 aliphatic rings. The number of hydrogen-bond donors (Lipinski definition) is 0. The molecule has 138 valence electrons. The SMILES string of the molecule is CCC(=O)OC1CC[C@H]2[C@@H]3CCC4=CC(=O)CC[C@]4(C)[C@@H]3CC[C@]12C. The first-order valence-electron chi connectivity index (χ1n) is 10.3. The molecule has 0 saturated heterocycles. The zero-order chi connectivity index (χ0) is 17.8. The summed E-state index contributed by atoms with van der Waals surface area (Å²) in [5, 5.41) is 0. The van der Waals surface area contributed by atoms with Gasteiger partial charge < -0.3 is 4.74 Å². The fourth-order valence-corrected chi connectivity index (χ4v) is 6.95. The van der Waals surface area contributed by atoms with E-state index in [4.69, 9.17) is 4.74 Å². The van der Waals surface area contributed by atoms with Crippen LogP contribution in [0.25, 0.3) is 0 Å². The Morgan fingerprint density at radius 2 is 1.92 bits per heavy atom. The van der Waals surface area contributed by atoms with E-state index < -0.39 is 0 Å². The van der Waals surface area contributed by atoms with E-state index in [9.17, 15) is 9.59 Å². The molecule has 0 aromatic carbocycles. The van der Waals surface area contributed by atoms with E-state index in [0.717, 1.165) is 38.0 Å². The van der Waals surface area contributed by atoms with Crippen LogP contribution < -0.4 is 0 Å². The van der Waals surface area contributed by atoms with Crippen LogP contribution in [0.5, 0.6) is 0 Å². The molecule has 0 aliphatic heterocycles. The monoisotopic (exact) mass is 344 g/mol. The summed E-state index contributed by atoms with van der Waals surface area (Å²) in [5.74, 6) is 2.41. The quantitative estimate of drug-likeness (QED) is 0.673. The van der Waals surface area contributed by atoms with Gasteiger partial charge in [0.1, 0.15) is 6.10 Å². The van der Waals surface area contributed by atoms with Crippen molar-refractivity contribution < 1.29 is 14.3 Å². The molecule has 0 heterocycles. The second-order valence-electron chi connectivity index (χ2n) is 9.42. The minimum absolute atomic E-state index is 0.0411. The van der Waals surface area contributed by atoms with E-state index >= 15 is 0 Å². The summed E-state index contributed by atoms with van der Waals surface area (Å²) < 4.78 is 5.86. The summed E-state index contributed by atoms with van der Waals surface area (Å²) in [5.41, 5.74) is 1.82. The third-order valence-electron chi connectivity index (χ3n) is 8.44. The Morgan fingerprint density at radius 1 is 1.12 bits per heavy atom. The number of fused-ring (bicyclic) bond motifs is 5. The van der Waals surface area contributed by atoms with Crippen LogP contribution in [0.4, 0.5) is 0 Å². The first kappa shape index (κ1) is 17.3. The Kier molecular flexibility index (Phi) is 4.12. The highest BCUT2D eigenvalue weighted by Crippen LogP contribution is 2.65. The molecule has 0 bridgehead atoms. The third-order valence-corrected chi connectivity index (χ3v) is 8.44. The average molecular weight is 344 g/mol. The maximum atomic E-state index is 11.9. The molecule has 3 heteroatoms. The summed E-state index contributed by atoms with van der Waals surface area (Å²) in [6.07, 6.45) is 11.3. The van der Waals surface area contributed by atoms with Crippen LogP contribution in [0.15, 0.2) is 11.6 Å². The minimum Gasteiger partial charge on any atom is -0.462 e. The lowest BCUT2D eigenvalue weighted by atomic mass is 9.47. The fraction of sp³-hybridized carbons (Fsp3) is 0.818. The van der Waals surface area contributed by atoms with E-state index in [1.165, 1.54) is 24.8 Å². The molecule has 25 heavy (non-hydrogen) atoms. The Balaban J connectivity index is 1.59. The fourth-order valence-electron chi connectivity index (χ4n) is 6.95. The molecule has 4 rings (SSSR count). The molecule has 0 N–H and O–H groups in total.